The summed E-state index contributed by atoms with van der Waals surface area (Å²) < 4.78 is 0. The van der Waals surface area contributed by atoms with Crippen LogP contribution in [0.25, 0.3) is 33.3 Å². The van der Waals surface area contributed by atoms with Crippen molar-refractivity contribution in [3.8, 4) is 22.5 Å². The van der Waals surface area contributed by atoms with Crippen LogP contribution >= 0.6 is 11.6 Å². The normalized spacial score (nSPS) is 10.9. The number of rotatable bonds is 5. The molecule has 2 aromatic carbocycles. The second-order valence-electron chi connectivity index (χ2n) is 7.82. The number of nitrogens with one attached hydrogen (secondary N) is 2. The summed E-state index contributed by atoms with van der Waals surface area (Å²) in [6.45, 7) is 2.05. The first kappa shape index (κ1) is 21.6. The Kier molecular flexibility index (Phi) is 5.69. The van der Waals surface area contributed by atoms with Gasteiger partial charge in [0.2, 0.25) is 0 Å². The molecule has 8 heteroatoms. The van der Waals surface area contributed by atoms with E-state index in [2.05, 4.69) is 30.6 Å². The number of aryl methyl sites for hydroxylation is 1. The fourth-order valence-corrected chi connectivity index (χ4v) is 3.99. The summed E-state index contributed by atoms with van der Waals surface area (Å²) in [6, 6.07) is 19.4. The molecule has 0 fully saturated rings. The predicted octanol–water partition coefficient (Wildman–Crippen LogP) is 6.08. The van der Waals surface area contributed by atoms with Gasteiger partial charge in [-0.15, -0.1) is 0 Å². The van der Waals surface area contributed by atoms with Crippen LogP contribution < -0.4 is 16.4 Å². The summed E-state index contributed by atoms with van der Waals surface area (Å²) >= 11 is 6.07. The molecule has 3 aromatic heterocycles. The van der Waals surface area contributed by atoms with Gasteiger partial charge in [0.1, 0.15) is 23.8 Å². The van der Waals surface area contributed by atoms with Gasteiger partial charge in [0.05, 0.1) is 17.1 Å². The minimum atomic E-state index is 0.459. The number of nitrogen functional groups attached to an aromatic ring is 1. The zero-order valence-corrected chi connectivity index (χ0v) is 19.4. The number of fused-ring (bicyclic) bond motifs is 1. The van der Waals surface area contributed by atoms with Gasteiger partial charge in [-0.2, -0.15) is 0 Å². The van der Waals surface area contributed by atoms with Crippen molar-refractivity contribution in [1.82, 2.24) is 19.9 Å². The minimum Gasteiger partial charge on any atom is -0.383 e. The lowest BCUT2D eigenvalue weighted by atomic mass is 10.0. The van der Waals surface area contributed by atoms with E-state index in [1.165, 1.54) is 6.33 Å². The second kappa shape index (κ2) is 8.96. The number of hydrogen-bond acceptors (Lipinski definition) is 7. The Morgan fingerprint density at radius 3 is 2.50 bits per heavy atom. The van der Waals surface area contributed by atoms with Crippen LogP contribution in [-0.4, -0.2) is 27.0 Å². The van der Waals surface area contributed by atoms with E-state index in [4.69, 9.17) is 17.3 Å². The van der Waals surface area contributed by atoms with Gasteiger partial charge in [0, 0.05) is 46.2 Å². The number of pyridine rings is 2. The molecule has 0 amide bonds. The minimum absolute atomic E-state index is 0.459. The van der Waals surface area contributed by atoms with E-state index >= 15 is 0 Å². The molecule has 0 aliphatic carbocycles. The molecule has 0 spiro atoms. The van der Waals surface area contributed by atoms with Crippen molar-refractivity contribution in [2.75, 3.05) is 23.4 Å². The van der Waals surface area contributed by atoms with E-state index in [1.54, 1.807) is 6.20 Å². The molecular weight excluding hydrogens is 446 g/mol. The molecule has 168 valence electrons. The molecular formula is C26H22ClN7. The summed E-state index contributed by atoms with van der Waals surface area (Å²) in [5, 5.41) is 9.07. The van der Waals surface area contributed by atoms with E-state index in [-0.39, 0.29) is 0 Å². The molecule has 0 saturated heterocycles. The molecule has 3 heterocycles. The molecule has 4 N–H and O–H groups in total. The molecule has 0 aliphatic heterocycles. The van der Waals surface area contributed by atoms with E-state index in [9.17, 15) is 0 Å². The third-order valence-electron chi connectivity index (χ3n) is 5.64. The molecule has 0 aliphatic rings. The van der Waals surface area contributed by atoms with Crippen LogP contribution in [0, 0.1) is 6.92 Å². The highest BCUT2D eigenvalue weighted by Gasteiger charge is 2.15. The maximum Gasteiger partial charge on any atom is 0.139 e. The van der Waals surface area contributed by atoms with Crippen LogP contribution in [0.1, 0.15) is 5.56 Å². The van der Waals surface area contributed by atoms with Crippen LogP contribution in [-0.2, 0) is 0 Å². The van der Waals surface area contributed by atoms with Crippen molar-refractivity contribution >= 4 is 45.5 Å². The summed E-state index contributed by atoms with van der Waals surface area (Å²) in [5.74, 6) is 1.87. The van der Waals surface area contributed by atoms with Crippen LogP contribution in [0.15, 0.2) is 73.2 Å². The largest absolute Gasteiger partial charge is 0.383 e. The topological polar surface area (TPSA) is 102 Å². The fourth-order valence-electron chi connectivity index (χ4n) is 3.87. The Hall–Kier alpha value is -4.23. The maximum atomic E-state index is 6.39. The summed E-state index contributed by atoms with van der Waals surface area (Å²) in [4.78, 5) is 17.9. The number of anilines is 4. The number of nitrogens with zero attached hydrogens (tertiary/aromatic N) is 4. The molecule has 0 atom stereocenters. The number of halogens is 1. The van der Waals surface area contributed by atoms with E-state index in [0.717, 1.165) is 50.4 Å². The Morgan fingerprint density at radius 2 is 1.71 bits per heavy atom. The van der Waals surface area contributed by atoms with Crippen LogP contribution in [0.3, 0.4) is 0 Å². The average Bonchev–Trinajstić information content (AvgIpc) is 2.86. The van der Waals surface area contributed by atoms with Crippen molar-refractivity contribution in [2.45, 2.75) is 6.92 Å². The quantitative estimate of drug-likeness (QED) is 0.287. The SMILES string of the molecule is CNc1cc(-c2cccnc2Nc2c(C)ccc3c(N)nc(-c4ccc(Cl)cc4)cc23)ncn1. The second-order valence-corrected chi connectivity index (χ2v) is 8.25. The lowest BCUT2D eigenvalue weighted by molar-refractivity contribution is 1.16. The molecule has 34 heavy (non-hydrogen) atoms. The van der Waals surface area contributed by atoms with Gasteiger partial charge in [-0.05, 0) is 42.8 Å². The number of benzene rings is 2. The summed E-state index contributed by atoms with van der Waals surface area (Å²) in [5.41, 5.74) is 11.7. The monoisotopic (exact) mass is 467 g/mol. The highest BCUT2D eigenvalue weighted by molar-refractivity contribution is 6.30. The Labute approximate surface area is 202 Å². The molecule has 5 rings (SSSR count). The first-order valence-corrected chi connectivity index (χ1v) is 11.1. The first-order chi connectivity index (χ1) is 16.5. The molecule has 7 nitrogen and oxygen atoms in total. The predicted molar refractivity (Wildman–Crippen MR) is 139 cm³/mol. The van der Waals surface area contributed by atoms with Gasteiger partial charge < -0.3 is 16.4 Å². The van der Waals surface area contributed by atoms with Gasteiger partial charge in [-0.25, -0.2) is 19.9 Å². The van der Waals surface area contributed by atoms with Crippen LogP contribution in [0.2, 0.25) is 5.02 Å². The smallest absolute Gasteiger partial charge is 0.139 e. The van der Waals surface area contributed by atoms with Crippen LogP contribution in [0.5, 0.6) is 0 Å². The summed E-state index contributed by atoms with van der Waals surface area (Å²) in [7, 11) is 1.82. The van der Waals surface area contributed by atoms with Crippen molar-refractivity contribution in [3.05, 3.63) is 83.8 Å². The standard InChI is InChI=1S/C26H22ClN7/c1-15-5-10-18-20(12-21(33-25(18)28)16-6-8-17(27)9-7-16)24(15)34-26-19(4-3-11-30-26)22-13-23(29-2)32-14-31-22/h3-14H,1-2H3,(H2,28,33)(H,30,34)(H,29,31,32). The highest BCUT2D eigenvalue weighted by atomic mass is 35.5. The third kappa shape index (κ3) is 4.09. The Bertz CT molecular complexity index is 1500. The van der Waals surface area contributed by atoms with Gasteiger partial charge in [-0.3, -0.25) is 0 Å². The highest BCUT2D eigenvalue weighted by Crippen LogP contribution is 2.36. The summed E-state index contributed by atoms with van der Waals surface area (Å²) in [6.07, 6.45) is 3.29. The average molecular weight is 468 g/mol. The number of hydrogen-bond donors (Lipinski definition) is 3. The zero-order valence-electron chi connectivity index (χ0n) is 18.7. The lowest BCUT2D eigenvalue weighted by Crippen LogP contribution is -2.02. The fraction of sp³-hybridized carbons (Fsp3) is 0.0769. The Morgan fingerprint density at radius 1 is 0.882 bits per heavy atom. The van der Waals surface area contributed by atoms with Gasteiger partial charge in [0.25, 0.3) is 0 Å². The lowest BCUT2D eigenvalue weighted by Gasteiger charge is -2.17. The van der Waals surface area contributed by atoms with Crippen molar-refractivity contribution < 1.29 is 0 Å². The van der Waals surface area contributed by atoms with Gasteiger partial charge in [-0.1, -0.05) is 35.9 Å². The van der Waals surface area contributed by atoms with Crippen LogP contribution in [0.4, 0.5) is 23.1 Å². The molecule has 5 aromatic rings. The number of aromatic nitrogens is 4. The van der Waals surface area contributed by atoms with E-state index in [0.29, 0.717) is 16.7 Å². The van der Waals surface area contributed by atoms with Gasteiger partial charge >= 0.3 is 0 Å². The van der Waals surface area contributed by atoms with Gasteiger partial charge in [0.15, 0.2) is 0 Å². The molecule has 0 radical (unpaired) electrons. The van der Waals surface area contributed by atoms with E-state index < -0.39 is 0 Å². The molecule has 0 bridgehead atoms. The molecule has 0 saturated carbocycles. The number of nitrogens with two attached hydrogens (primary N) is 1. The molecule has 0 unspecified atom stereocenters. The zero-order chi connectivity index (χ0) is 23.7. The first-order valence-electron chi connectivity index (χ1n) is 10.7. The van der Waals surface area contributed by atoms with Crippen molar-refractivity contribution in [3.63, 3.8) is 0 Å². The Balaban J connectivity index is 1.65. The van der Waals surface area contributed by atoms with Crippen molar-refractivity contribution in [1.29, 1.82) is 0 Å². The maximum absolute atomic E-state index is 6.39. The third-order valence-corrected chi connectivity index (χ3v) is 5.89. The van der Waals surface area contributed by atoms with E-state index in [1.807, 2.05) is 74.6 Å². The van der Waals surface area contributed by atoms with Crippen molar-refractivity contribution in [2.24, 2.45) is 0 Å².